The van der Waals surface area contributed by atoms with Gasteiger partial charge in [0.2, 0.25) is 0 Å². The van der Waals surface area contributed by atoms with Gasteiger partial charge in [0, 0.05) is 6.61 Å². The molecule has 0 rings (SSSR count). The van der Waals surface area contributed by atoms with Crippen LogP contribution in [0.4, 0.5) is 0 Å². The average Bonchev–Trinajstić information content (AvgIpc) is 1.85. The van der Waals surface area contributed by atoms with Gasteiger partial charge in [-0.2, -0.15) is 0 Å². The summed E-state index contributed by atoms with van der Waals surface area (Å²) >= 11 is 0. The van der Waals surface area contributed by atoms with E-state index in [1.165, 1.54) is 0 Å². The van der Waals surface area contributed by atoms with Crippen LogP contribution in [0.15, 0.2) is 0 Å². The van der Waals surface area contributed by atoms with Crippen molar-refractivity contribution in [3.63, 3.8) is 0 Å². The monoisotopic (exact) mass is 146 g/mol. The molecule has 2 N–H and O–H groups in total. The lowest BCUT2D eigenvalue weighted by atomic mass is 9.88. The largest absolute Gasteiger partial charge is 0.396 e. The first-order valence-electron chi connectivity index (χ1n) is 3.77. The quantitative estimate of drug-likeness (QED) is 0.625. The van der Waals surface area contributed by atoms with Gasteiger partial charge in [-0.05, 0) is 25.2 Å². The Labute approximate surface area is 62.9 Å². The topological polar surface area (TPSA) is 40.5 Å². The fourth-order valence-corrected chi connectivity index (χ4v) is 0.679. The van der Waals surface area contributed by atoms with Gasteiger partial charge in [0.15, 0.2) is 0 Å². The molecule has 0 heterocycles. The molecule has 0 aliphatic heterocycles. The van der Waals surface area contributed by atoms with E-state index in [0.717, 1.165) is 12.8 Å². The van der Waals surface area contributed by atoms with Gasteiger partial charge in [0.1, 0.15) is 0 Å². The van der Waals surface area contributed by atoms with Crippen LogP contribution in [0, 0.1) is 5.41 Å². The molecule has 0 aliphatic carbocycles. The Balaban J connectivity index is 3.46. The Morgan fingerprint density at radius 1 is 1.40 bits per heavy atom. The third-order valence-electron chi connectivity index (χ3n) is 1.67. The van der Waals surface area contributed by atoms with E-state index in [0.29, 0.717) is 0 Å². The lowest BCUT2D eigenvalue weighted by molar-refractivity contribution is 0.115. The minimum absolute atomic E-state index is 0.0308. The summed E-state index contributed by atoms with van der Waals surface area (Å²) in [5, 5.41) is 17.8. The molecule has 0 aromatic heterocycles. The molecular formula is C8H18O2. The van der Waals surface area contributed by atoms with E-state index >= 15 is 0 Å². The summed E-state index contributed by atoms with van der Waals surface area (Å²) in [5.41, 5.74) is -0.0308. The van der Waals surface area contributed by atoms with Gasteiger partial charge >= 0.3 is 0 Å². The highest BCUT2D eigenvalue weighted by Gasteiger charge is 2.16. The second-order valence-electron chi connectivity index (χ2n) is 3.71. The predicted molar refractivity (Wildman–Crippen MR) is 41.8 cm³/mol. The van der Waals surface area contributed by atoms with E-state index in [9.17, 15) is 0 Å². The molecule has 10 heavy (non-hydrogen) atoms. The van der Waals surface area contributed by atoms with E-state index in [-0.39, 0.29) is 18.1 Å². The minimum Gasteiger partial charge on any atom is -0.396 e. The number of hydrogen-bond donors (Lipinski definition) is 2. The first-order chi connectivity index (χ1) is 4.48. The summed E-state index contributed by atoms with van der Waals surface area (Å²) in [6.45, 7) is 5.96. The number of aliphatic hydroxyl groups excluding tert-OH is 2. The van der Waals surface area contributed by atoms with E-state index in [1.807, 2.05) is 13.8 Å². The van der Waals surface area contributed by atoms with Gasteiger partial charge in [-0.15, -0.1) is 0 Å². The molecule has 0 saturated heterocycles. The van der Waals surface area contributed by atoms with Crippen LogP contribution in [0.2, 0.25) is 0 Å². The van der Waals surface area contributed by atoms with Gasteiger partial charge in [0.25, 0.3) is 0 Å². The van der Waals surface area contributed by atoms with Crippen molar-refractivity contribution < 1.29 is 10.2 Å². The zero-order valence-electron chi connectivity index (χ0n) is 7.09. The van der Waals surface area contributed by atoms with Crippen LogP contribution >= 0.6 is 0 Å². The summed E-state index contributed by atoms with van der Waals surface area (Å²) in [4.78, 5) is 0. The SMILES string of the molecule is C[C@@H](O)CCC(C)(C)CO. The zero-order chi connectivity index (χ0) is 8.20. The minimum atomic E-state index is -0.245. The standard InChI is InChI=1S/C8H18O2/c1-7(10)4-5-8(2,3)6-9/h7,9-10H,4-6H2,1-3H3/t7-/m1/s1. The molecule has 1 atom stereocenters. The van der Waals surface area contributed by atoms with Crippen molar-refractivity contribution in [2.45, 2.75) is 39.7 Å². The molecule has 0 saturated carbocycles. The van der Waals surface area contributed by atoms with Crippen molar-refractivity contribution in [1.82, 2.24) is 0 Å². The highest BCUT2D eigenvalue weighted by atomic mass is 16.3. The van der Waals surface area contributed by atoms with Crippen LogP contribution in [0.25, 0.3) is 0 Å². The lowest BCUT2D eigenvalue weighted by Crippen LogP contribution is -2.18. The second-order valence-corrected chi connectivity index (χ2v) is 3.71. The number of aliphatic hydroxyl groups is 2. The van der Waals surface area contributed by atoms with Gasteiger partial charge in [-0.25, -0.2) is 0 Å². The van der Waals surface area contributed by atoms with Crippen LogP contribution < -0.4 is 0 Å². The average molecular weight is 146 g/mol. The van der Waals surface area contributed by atoms with Gasteiger partial charge < -0.3 is 10.2 Å². The van der Waals surface area contributed by atoms with Crippen LogP contribution in [0.3, 0.4) is 0 Å². The van der Waals surface area contributed by atoms with E-state index < -0.39 is 0 Å². The van der Waals surface area contributed by atoms with Gasteiger partial charge in [0.05, 0.1) is 6.10 Å². The van der Waals surface area contributed by atoms with Crippen LogP contribution in [0.5, 0.6) is 0 Å². The Hall–Kier alpha value is -0.0800. The molecule has 0 unspecified atom stereocenters. The number of rotatable bonds is 4. The molecule has 0 aromatic carbocycles. The normalized spacial score (nSPS) is 15.3. The van der Waals surface area contributed by atoms with Crippen molar-refractivity contribution in [2.75, 3.05) is 6.61 Å². The lowest BCUT2D eigenvalue weighted by Gasteiger charge is -2.21. The second kappa shape index (κ2) is 3.94. The van der Waals surface area contributed by atoms with E-state index in [2.05, 4.69) is 0 Å². The van der Waals surface area contributed by atoms with Crippen molar-refractivity contribution in [1.29, 1.82) is 0 Å². The Morgan fingerprint density at radius 3 is 2.20 bits per heavy atom. The fourth-order valence-electron chi connectivity index (χ4n) is 0.679. The van der Waals surface area contributed by atoms with E-state index in [1.54, 1.807) is 6.92 Å². The van der Waals surface area contributed by atoms with Gasteiger partial charge in [-0.1, -0.05) is 13.8 Å². The first kappa shape index (κ1) is 9.92. The molecule has 62 valence electrons. The highest BCUT2D eigenvalue weighted by Crippen LogP contribution is 2.21. The molecule has 0 aromatic rings. The number of hydrogen-bond acceptors (Lipinski definition) is 2. The van der Waals surface area contributed by atoms with E-state index in [4.69, 9.17) is 10.2 Å². The van der Waals surface area contributed by atoms with Crippen LogP contribution in [0.1, 0.15) is 33.6 Å². The summed E-state index contributed by atoms with van der Waals surface area (Å²) in [6.07, 6.45) is 1.40. The molecule has 2 nitrogen and oxygen atoms in total. The van der Waals surface area contributed by atoms with Crippen molar-refractivity contribution in [3.05, 3.63) is 0 Å². The molecule has 0 spiro atoms. The summed E-state index contributed by atoms with van der Waals surface area (Å²) < 4.78 is 0. The Bertz CT molecular complexity index is 87.3. The Morgan fingerprint density at radius 2 is 1.90 bits per heavy atom. The fraction of sp³-hybridized carbons (Fsp3) is 1.00. The smallest absolute Gasteiger partial charge is 0.0512 e. The Kier molecular flexibility index (Phi) is 3.91. The maximum Gasteiger partial charge on any atom is 0.0512 e. The molecule has 0 radical (unpaired) electrons. The molecular weight excluding hydrogens is 128 g/mol. The molecule has 0 aliphatic rings. The third-order valence-corrected chi connectivity index (χ3v) is 1.67. The predicted octanol–water partition coefficient (Wildman–Crippen LogP) is 1.17. The maximum atomic E-state index is 8.93. The highest BCUT2D eigenvalue weighted by molar-refractivity contribution is 4.67. The van der Waals surface area contributed by atoms with Crippen LogP contribution in [-0.2, 0) is 0 Å². The summed E-state index contributed by atoms with van der Waals surface area (Å²) in [7, 11) is 0. The van der Waals surface area contributed by atoms with Crippen LogP contribution in [-0.4, -0.2) is 22.9 Å². The maximum absolute atomic E-state index is 8.93. The van der Waals surface area contributed by atoms with Crippen molar-refractivity contribution >= 4 is 0 Å². The van der Waals surface area contributed by atoms with Crippen molar-refractivity contribution in [2.24, 2.45) is 5.41 Å². The third kappa shape index (κ3) is 4.77. The molecule has 2 heteroatoms. The summed E-state index contributed by atoms with van der Waals surface area (Å²) in [6, 6.07) is 0. The van der Waals surface area contributed by atoms with Crippen molar-refractivity contribution in [3.8, 4) is 0 Å². The molecule has 0 amide bonds. The van der Waals surface area contributed by atoms with Gasteiger partial charge in [-0.3, -0.25) is 0 Å². The zero-order valence-corrected chi connectivity index (χ0v) is 7.09. The molecule has 0 fully saturated rings. The first-order valence-corrected chi connectivity index (χ1v) is 3.77. The molecule has 0 bridgehead atoms. The summed E-state index contributed by atoms with van der Waals surface area (Å²) in [5.74, 6) is 0.